The van der Waals surface area contributed by atoms with Gasteiger partial charge in [0, 0.05) is 25.7 Å². The zero-order valence-corrected chi connectivity index (χ0v) is 69.0. The molecule has 0 aliphatic carbocycles. The first-order chi connectivity index (χ1) is 52.7. The summed E-state index contributed by atoms with van der Waals surface area (Å²) in [5.41, 5.74) is 0. The fourth-order valence-electron chi connectivity index (χ4n) is 10.4. The van der Waals surface area contributed by atoms with E-state index in [-0.39, 0.29) is 25.7 Å². The van der Waals surface area contributed by atoms with Gasteiger partial charge in [-0.25, -0.2) is 9.13 Å². The van der Waals surface area contributed by atoms with E-state index < -0.39 is 97.5 Å². The number of unbranched alkanes of at least 4 members (excludes halogenated alkanes) is 22. The van der Waals surface area contributed by atoms with Crippen LogP contribution in [0.1, 0.15) is 310 Å². The van der Waals surface area contributed by atoms with Crippen LogP contribution in [0.5, 0.6) is 0 Å². The quantitative estimate of drug-likeness (QED) is 0.0169. The van der Waals surface area contributed by atoms with Gasteiger partial charge in [0.2, 0.25) is 0 Å². The molecule has 0 heterocycles. The topological polar surface area (TPSA) is 237 Å². The Bertz CT molecular complexity index is 2710. The van der Waals surface area contributed by atoms with E-state index in [1.165, 1.54) is 77.0 Å². The lowest BCUT2D eigenvalue weighted by atomic mass is 10.1. The first-order valence-electron chi connectivity index (χ1n) is 41.4. The average Bonchev–Trinajstić information content (AvgIpc) is 0.914. The van der Waals surface area contributed by atoms with E-state index >= 15 is 0 Å². The Morgan fingerprint density at radius 3 is 0.815 bits per heavy atom. The van der Waals surface area contributed by atoms with E-state index in [9.17, 15) is 43.2 Å². The molecule has 0 aromatic heterocycles. The number of esters is 4. The predicted molar refractivity (Wildman–Crippen MR) is 445 cm³/mol. The summed E-state index contributed by atoms with van der Waals surface area (Å²) in [7, 11) is -10.0. The highest BCUT2D eigenvalue weighted by atomic mass is 31.2. The van der Waals surface area contributed by atoms with E-state index in [0.717, 1.165) is 141 Å². The van der Waals surface area contributed by atoms with Crippen LogP contribution >= 0.6 is 15.6 Å². The van der Waals surface area contributed by atoms with Crippen molar-refractivity contribution in [1.29, 1.82) is 0 Å². The van der Waals surface area contributed by atoms with Crippen molar-refractivity contribution in [3.8, 4) is 0 Å². The van der Waals surface area contributed by atoms with Gasteiger partial charge in [0.25, 0.3) is 0 Å². The summed E-state index contributed by atoms with van der Waals surface area (Å²) >= 11 is 0. The molecule has 0 saturated heterocycles. The van der Waals surface area contributed by atoms with Gasteiger partial charge < -0.3 is 33.8 Å². The number of carbonyl (C=O) groups excluding carboxylic acids is 4. The molecule has 5 atom stereocenters. The van der Waals surface area contributed by atoms with Crippen molar-refractivity contribution >= 4 is 39.5 Å². The highest BCUT2D eigenvalue weighted by Gasteiger charge is 2.30. The average molecular weight is 1550 g/mol. The molecular formula is C89H146O17P2. The number of phosphoric acid groups is 2. The first kappa shape index (κ1) is 102. The second kappa shape index (κ2) is 79.5. The summed E-state index contributed by atoms with van der Waals surface area (Å²) < 4.78 is 68.5. The Balaban J connectivity index is 5.52. The summed E-state index contributed by atoms with van der Waals surface area (Å²) in [5.74, 6) is -2.40. The number of carbonyl (C=O) groups is 4. The second-order valence-corrected chi connectivity index (χ2v) is 29.8. The van der Waals surface area contributed by atoms with Gasteiger partial charge >= 0.3 is 39.5 Å². The van der Waals surface area contributed by atoms with Crippen LogP contribution in [0.15, 0.2) is 170 Å². The van der Waals surface area contributed by atoms with Gasteiger partial charge in [-0.3, -0.25) is 37.3 Å². The lowest BCUT2D eigenvalue weighted by Gasteiger charge is -2.21. The fraction of sp³-hybridized carbons (Fsp3) is 0.640. The second-order valence-electron chi connectivity index (χ2n) is 26.9. The molecule has 17 nitrogen and oxygen atoms in total. The highest BCUT2D eigenvalue weighted by molar-refractivity contribution is 7.47. The molecule has 0 bridgehead atoms. The molecule has 614 valence electrons. The molecule has 0 rings (SSSR count). The summed E-state index contributed by atoms with van der Waals surface area (Å²) in [6, 6.07) is 0. The molecule has 0 aliphatic heterocycles. The van der Waals surface area contributed by atoms with Crippen molar-refractivity contribution in [3.63, 3.8) is 0 Å². The van der Waals surface area contributed by atoms with Crippen molar-refractivity contribution in [1.82, 2.24) is 0 Å². The molecule has 2 unspecified atom stereocenters. The number of phosphoric ester groups is 2. The molecule has 3 N–H and O–H groups in total. The maximum Gasteiger partial charge on any atom is 0.472 e. The molecule has 0 amide bonds. The van der Waals surface area contributed by atoms with Gasteiger partial charge in [0.15, 0.2) is 12.2 Å². The zero-order valence-electron chi connectivity index (χ0n) is 67.2. The minimum absolute atomic E-state index is 0.0279. The zero-order chi connectivity index (χ0) is 78.9. The lowest BCUT2D eigenvalue weighted by Crippen LogP contribution is -2.30. The van der Waals surface area contributed by atoms with Gasteiger partial charge in [-0.05, 0) is 154 Å². The van der Waals surface area contributed by atoms with E-state index in [0.29, 0.717) is 38.5 Å². The molecule has 0 spiro atoms. The van der Waals surface area contributed by atoms with Crippen LogP contribution in [0.2, 0.25) is 0 Å². The minimum Gasteiger partial charge on any atom is -0.462 e. The molecule has 0 radical (unpaired) electrons. The largest absolute Gasteiger partial charge is 0.472 e. The standard InChI is InChI=1S/C89H146O17P2/c1-5-9-13-17-21-25-29-33-37-39-41-43-47-50-54-58-62-66-70-74-87(92)100-80-84(105-88(93)75-71-67-63-59-55-51-46-36-32-28-24-20-16-12-8-4)81-103-107(95,96)101-77-83(90)78-102-108(97,98)104-82-85(79-99-86(91)73-69-65-61-57-53-49-45-35-31-27-23-19-15-11-7-3)106-89(94)76-72-68-64-60-56-52-48-44-42-40-38-34-30-26-22-18-14-10-6-2/h9-10,13-14,21-22,25-26,33-38,41-46,50,52,54,56,62,64,66,68,83-85,90H,5-8,11-12,15-20,23-24,27-32,39-40,47-49,51,53,55,57-61,63,65,67,69-82H2,1-4H3,(H,95,96)(H,97,98)/b13-9-,14-10-,25-21-,26-22-,37-33-,38-34-,43-41-,44-42-,45-35-,46-36-,54-50-,56-52-,66-62-,68-64-/t83-,84-,85-/m1/s1. The lowest BCUT2D eigenvalue weighted by molar-refractivity contribution is -0.161. The summed E-state index contributed by atoms with van der Waals surface area (Å²) in [6.07, 6.45) is 95.0. The molecule has 0 saturated carbocycles. The van der Waals surface area contributed by atoms with E-state index in [2.05, 4.69) is 161 Å². The van der Waals surface area contributed by atoms with Crippen LogP contribution in [0.25, 0.3) is 0 Å². The monoisotopic (exact) mass is 1550 g/mol. The summed E-state index contributed by atoms with van der Waals surface area (Å²) in [6.45, 7) is 4.45. The number of rotatable bonds is 76. The van der Waals surface area contributed by atoms with Crippen LogP contribution in [0.4, 0.5) is 0 Å². The SMILES string of the molecule is CC/C=C\C/C=C\C/C=C\C/C=C\C/C=C\C/C=C\CCC(=O)OC[C@H](COP(=O)(O)OC[C@@H](O)COP(=O)(O)OC[C@@H](COC(=O)CCCCCCC/C=C\CCCCCCCC)OC(=O)CC/C=C\C/C=C\C/C=C\C/C=C\C/C=C\C/C=C\CC)OC(=O)CCCCCCC/C=C\CCCCCCCC. The van der Waals surface area contributed by atoms with E-state index in [4.69, 9.17) is 37.0 Å². The van der Waals surface area contributed by atoms with Crippen LogP contribution in [-0.2, 0) is 65.4 Å². The molecule has 19 heteroatoms. The van der Waals surface area contributed by atoms with Gasteiger partial charge in [0.1, 0.15) is 19.3 Å². The Morgan fingerprint density at radius 1 is 0.269 bits per heavy atom. The number of ether oxygens (including phenoxy) is 4. The molecule has 0 fully saturated rings. The number of allylic oxidation sites excluding steroid dienone is 28. The van der Waals surface area contributed by atoms with Crippen molar-refractivity contribution in [2.24, 2.45) is 0 Å². The maximum absolute atomic E-state index is 13.1. The normalized spacial score (nSPS) is 14.7. The molecule has 0 aliphatic rings. The smallest absolute Gasteiger partial charge is 0.462 e. The summed E-state index contributed by atoms with van der Waals surface area (Å²) in [4.78, 5) is 73.1. The molecule has 0 aromatic rings. The first-order valence-corrected chi connectivity index (χ1v) is 44.4. The van der Waals surface area contributed by atoms with Gasteiger partial charge in [-0.15, -0.1) is 0 Å². The Hall–Kier alpha value is -5.58. The third-order valence-electron chi connectivity index (χ3n) is 16.7. The third-order valence-corrected chi connectivity index (χ3v) is 18.6. The van der Waals surface area contributed by atoms with Crippen molar-refractivity contribution in [3.05, 3.63) is 170 Å². The Kier molecular flexibility index (Phi) is 75.4. The fourth-order valence-corrected chi connectivity index (χ4v) is 12.0. The number of hydrogen-bond acceptors (Lipinski definition) is 15. The van der Waals surface area contributed by atoms with Crippen LogP contribution in [0.3, 0.4) is 0 Å². The predicted octanol–water partition coefficient (Wildman–Crippen LogP) is 24.6. The van der Waals surface area contributed by atoms with E-state index in [1.54, 1.807) is 0 Å². The Morgan fingerprint density at radius 2 is 0.500 bits per heavy atom. The molecule has 0 aromatic carbocycles. The van der Waals surface area contributed by atoms with Gasteiger partial charge in [0.05, 0.1) is 26.4 Å². The number of hydrogen-bond donors (Lipinski definition) is 3. The van der Waals surface area contributed by atoms with E-state index in [1.807, 2.05) is 36.5 Å². The number of aliphatic hydroxyl groups excluding tert-OH is 1. The minimum atomic E-state index is -5.01. The molecular weight excluding hydrogens is 1400 g/mol. The third kappa shape index (κ3) is 78.5. The maximum atomic E-state index is 13.1. The van der Waals surface area contributed by atoms with Gasteiger partial charge in [-0.2, -0.15) is 0 Å². The van der Waals surface area contributed by atoms with Crippen molar-refractivity contribution in [2.45, 2.75) is 329 Å². The summed E-state index contributed by atoms with van der Waals surface area (Å²) in [5, 5.41) is 10.7. The van der Waals surface area contributed by atoms with Crippen molar-refractivity contribution in [2.75, 3.05) is 39.6 Å². The van der Waals surface area contributed by atoms with Crippen LogP contribution in [0, 0.1) is 0 Å². The van der Waals surface area contributed by atoms with Crippen LogP contribution < -0.4 is 0 Å². The van der Waals surface area contributed by atoms with Crippen LogP contribution in [-0.4, -0.2) is 96.7 Å². The Labute approximate surface area is 654 Å². The van der Waals surface area contributed by atoms with Crippen molar-refractivity contribution < 1.29 is 80.2 Å². The molecule has 108 heavy (non-hydrogen) atoms. The highest BCUT2D eigenvalue weighted by Crippen LogP contribution is 2.45. The number of aliphatic hydroxyl groups is 1. The van der Waals surface area contributed by atoms with Gasteiger partial charge in [-0.1, -0.05) is 301 Å².